The van der Waals surface area contributed by atoms with Crippen LogP contribution in [0.3, 0.4) is 0 Å². The summed E-state index contributed by atoms with van der Waals surface area (Å²) in [7, 11) is 0. The zero-order valence-corrected chi connectivity index (χ0v) is 9.61. The zero-order valence-electron chi connectivity index (χ0n) is 9.61. The molecular formula is C13H13NO4. The van der Waals surface area contributed by atoms with Crippen molar-refractivity contribution in [3.63, 3.8) is 0 Å². The van der Waals surface area contributed by atoms with Gasteiger partial charge >= 0.3 is 0 Å². The Kier molecular flexibility index (Phi) is 3.64. The summed E-state index contributed by atoms with van der Waals surface area (Å²) in [5, 5.41) is 18.3. The van der Waals surface area contributed by atoms with Crippen LogP contribution in [0.1, 0.15) is 11.3 Å². The fourth-order valence-corrected chi connectivity index (χ4v) is 1.51. The molecule has 5 heteroatoms. The second-order valence-electron chi connectivity index (χ2n) is 3.77. The normalized spacial score (nSPS) is 10.3. The van der Waals surface area contributed by atoms with Crippen molar-refractivity contribution in [3.8, 4) is 5.75 Å². The molecule has 94 valence electrons. The molecule has 18 heavy (non-hydrogen) atoms. The Balaban J connectivity index is 2.15. The number of rotatable bonds is 4. The quantitative estimate of drug-likeness (QED) is 0.795. The van der Waals surface area contributed by atoms with Crippen LogP contribution in [0, 0.1) is 0 Å². The first kappa shape index (κ1) is 12.2. The van der Waals surface area contributed by atoms with Crippen LogP contribution in [0.2, 0.25) is 0 Å². The third kappa shape index (κ3) is 2.70. The number of benzene rings is 1. The fraction of sp³-hybridized carbons (Fsp3) is 0.154. The van der Waals surface area contributed by atoms with E-state index in [0.29, 0.717) is 4.73 Å². The molecule has 0 saturated carbocycles. The van der Waals surface area contributed by atoms with Gasteiger partial charge in [-0.15, -0.1) is 0 Å². The van der Waals surface area contributed by atoms with Crippen LogP contribution in [0.5, 0.6) is 5.75 Å². The van der Waals surface area contributed by atoms with Crippen molar-refractivity contribution >= 4 is 0 Å². The highest BCUT2D eigenvalue weighted by molar-refractivity contribution is 5.22. The van der Waals surface area contributed by atoms with Crippen LogP contribution >= 0.6 is 0 Å². The lowest BCUT2D eigenvalue weighted by molar-refractivity contribution is 0.146. The van der Waals surface area contributed by atoms with Crippen LogP contribution in [0.25, 0.3) is 0 Å². The molecule has 5 nitrogen and oxygen atoms in total. The first-order chi connectivity index (χ1) is 8.70. The van der Waals surface area contributed by atoms with Crippen molar-refractivity contribution in [2.75, 3.05) is 0 Å². The number of hydrogen-bond acceptors (Lipinski definition) is 4. The summed E-state index contributed by atoms with van der Waals surface area (Å²) in [5.41, 5.74) is 0.667. The van der Waals surface area contributed by atoms with E-state index in [1.54, 1.807) is 0 Å². The minimum absolute atomic E-state index is 0.0403. The highest BCUT2D eigenvalue weighted by Crippen LogP contribution is 2.08. The Morgan fingerprint density at radius 3 is 2.61 bits per heavy atom. The first-order valence-corrected chi connectivity index (χ1v) is 5.43. The van der Waals surface area contributed by atoms with E-state index in [2.05, 4.69) is 0 Å². The Labute approximate surface area is 103 Å². The van der Waals surface area contributed by atoms with Gasteiger partial charge in [-0.1, -0.05) is 30.3 Å². The van der Waals surface area contributed by atoms with Gasteiger partial charge in [-0.3, -0.25) is 4.79 Å². The highest BCUT2D eigenvalue weighted by Gasteiger charge is 2.06. The minimum Gasteiger partial charge on any atom is -0.483 e. The summed E-state index contributed by atoms with van der Waals surface area (Å²) < 4.78 is 6.01. The predicted molar refractivity (Wildman–Crippen MR) is 64.6 cm³/mol. The Morgan fingerprint density at radius 2 is 1.94 bits per heavy atom. The number of aliphatic hydroxyl groups excluding tert-OH is 1. The van der Waals surface area contributed by atoms with Crippen molar-refractivity contribution in [1.29, 1.82) is 0 Å². The van der Waals surface area contributed by atoms with Gasteiger partial charge in [0.2, 0.25) is 5.43 Å². The molecule has 0 atom stereocenters. The number of nitrogens with zero attached hydrogens (tertiary/aromatic N) is 1. The molecule has 0 radical (unpaired) electrons. The van der Waals surface area contributed by atoms with Gasteiger partial charge in [0.25, 0.3) is 0 Å². The second-order valence-corrected chi connectivity index (χ2v) is 3.77. The van der Waals surface area contributed by atoms with E-state index in [1.807, 2.05) is 30.3 Å². The molecule has 0 amide bonds. The van der Waals surface area contributed by atoms with Crippen molar-refractivity contribution in [1.82, 2.24) is 4.73 Å². The Hall–Kier alpha value is -2.27. The van der Waals surface area contributed by atoms with Crippen LogP contribution in [-0.2, 0) is 13.2 Å². The van der Waals surface area contributed by atoms with Gasteiger partial charge in [0.05, 0.1) is 18.5 Å². The van der Waals surface area contributed by atoms with Gasteiger partial charge in [0, 0.05) is 6.07 Å². The van der Waals surface area contributed by atoms with Gasteiger partial charge in [-0.25, -0.2) is 0 Å². The molecule has 0 unspecified atom stereocenters. The zero-order chi connectivity index (χ0) is 13.0. The summed E-state index contributed by atoms with van der Waals surface area (Å²) in [6.07, 6.45) is 1.15. The topological polar surface area (TPSA) is 71.7 Å². The van der Waals surface area contributed by atoms with Gasteiger partial charge in [-0.05, 0) is 5.56 Å². The average molecular weight is 247 g/mol. The maximum atomic E-state index is 11.6. The lowest BCUT2D eigenvalue weighted by atomic mass is 10.2. The maximum absolute atomic E-state index is 11.6. The van der Waals surface area contributed by atoms with Crippen molar-refractivity contribution < 1.29 is 15.1 Å². The molecule has 2 N–H and O–H groups in total. The molecule has 1 aromatic heterocycles. The third-order valence-electron chi connectivity index (χ3n) is 2.47. The SMILES string of the molecule is O=c1cc(CO)n(O)cc1OCc1ccccc1. The second kappa shape index (κ2) is 5.37. The van der Waals surface area contributed by atoms with Crippen LogP contribution in [-0.4, -0.2) is 15.0 Å². The largest absolute Gasteiger partial charge is 0.483 e. The van der Waals surface area contributed by atoms with Gasteiger partial charge in [0.15, 0.2) is 5.75 Å². The molecule has 0 bridgehead atoms. The molecule has 0 fully saturated rings. The summed E-state index contributed by atoms with van der Waals surface area (Å²) in [5.74, 6) is 0.0403. The van der Waals surface area contributed by atoms with E-state index in [-0.39, 0.29) is 23.5 Å². The van der Waals surface area contributed by atoms with Gasteiger partial charge in [0.1, 0.15) is 6.61 Å². The standard InChI is InChI=1S/C13H13NO4/c15-8-11-6-12(16)13(7-14(11)17)18-9-10-4-2-1-3-5-10/h1-7,15,17H,8-9H2. The van der Waals surface area contributed by atoms with Crippen LogP contribution in [0.15, 0.2) is 47.4 Å². The van der Waals surface area contributed by atoms with E-state index in [0.717, 1.165) is 17.8 Å². The fourth-order valence-electron chi connectivity index (χ4n) is 1.51. The summed E-state index contributed by atoms with van der Waals surface area (Å²) in [6.45, 7) is -0.167. The molecule has 0 aliphatic rings. The van der Waals surface area contributed by atoms with Crippen LogP contribution in [0.4, 0.5) is 0 Å². The van der Waals surface area contributed by atoms with Gasteiger partial charge < -0.3 is 15.1 Å². The van der Waals surface area contributed by atoms with Crippen molar-refractivity contribution in [2.24, 2.45) is 0 Å². The highest BCUT2D eigenvalue weighted by atomic mass is 16.5. The van der Waals surface area contributed by atoms with Crippen LogP contribution < -0.4 is 10.2 Å². The monoisotopic (exact) mass is 247 g/mol. The Morgan fingerprint density at radius 1 is 1.22 bits per heavy atom. The predicted octanol–water partition coefficient (Wildman–Crippen LogP) is 1.16. The van der Waals surface area contributed by atoms with Gasteiger partial charge in [-0.2, -0.15) is 4.73 Å². The molecule has 0 aliphatic carbocycles. The lowest BCUT2D eigenvalue weighted by Gasteiger charge is -2.08. The molecule has 1 aromatic carbocycles. The number of hydrogen-bond donors (Lipinski definition) is 2. The van der Waals surface area contributed by atoms with E-state index >= 15 is 0 Å². The summed E-state index contributed by atoms with van der Waals surface area (Å²) in [6, 6.07) is 10.5. The number of aromatic nitrogens is 1. The third-order valence-corrected chi connectivity index (χ3v) is 2.47. The molecule has 0 aliphatic heterocycles. The lowest BCUT2D eigenvalue weighted by Crippen LogP contribution is -2.14. The minimum atomic E-state index is -0.412. The van der Waals surface area contributed by atoms with E-state index in [1.165, 1.54) is 0 Å². The molecule has 2 rings (SSSR count). The smallest absolute Gasteiger partial charge is 0.224 e. The summed E-state index contributed by atoms with van der Waals surface area (Å²) in [4.78, 5) is 11.6. The number of aliphatic hydroxyl groups is 1. The number of pyridine rings is 1. The van der Waals surface area contributed by atoms with E-state index in [9.17, 15) is 10.0 Å². The number of ether oxygens (including phenoxy) is 1. The average Bonchev–Trinajstić information content (AvgIpc) is 2.40. The van der Waals surface area contributed by atoms with E-state index < -0.39 is 6.61 Å². The van der Waals surface area contributed by atoms with E-state index in [4.69, 9.17) is 9.84 Å². The molecular weight excluding hydrogens is 234 g/mol. The molecule has 0 saturated heterocycles. The van der Waals surface area contributed by atoms with Crippen molar-refractivity contribution in [2.45, 2.75) is 13.2 Å². The molecule has 2 aromatic rings. The first-order valence-electron chi connectivity index (χ1n) is 5.43. The molecule has 1 heterocycles. The molecule has 0 spiro atoms. The Bertz CT molecular complexity index is 577. The summed E-state index contributed by atoms with van der Waals surface area (Å²) >= 11 is 0. The maximum Gasteiger partial charge on any atom is 0.224 e. The van der Waals surface area contributed by atoms with Crippen molar-refractivity contribution in [3.05, 3.63) is 64.1 Å².